The number of piperidine rings is 1. The molecule has 31 heavy (non-hydrogen) atoms. The van der Waals surface area contributed by atoms with Crippen LogP contribution in [-0.4, -0.2) is 29.0 Å². The van der Waals surface area contributed by atoms with Gasteiger partial charge in [0.1, 0.15) is 0 Å². The maximum atomic E-state index is 13.6. The Morgan fingerprint density at radius 3 is 2.29 bits per heavy atom. The van der Waals surface area contributed by atoms with E-state index < -0.39 is 11.9 Å². The number of hydrogen-bond acceptors (Lipinski definition) is 4. The fraction of sp³-hybridized carbons (Fsp3) is 0.318. The van der Waals surface area contributed by atoms with E-state index in [1.54, 1.807) is 23.1 Å². The van der Waals surface area contributed by atoms with E-state index in [2.05, 4.69) is 31.2 Å². The summed E-state index contributed by atoms with van der Waals surface area (Å²) in [6.45, 7) is 1.02. The Bertz CT molecular complexity index is 1100. The normalized spacial score (nSPS) is 15.3. The van der Waals surface area contributed by atoms with Gasteiger partial charge >= 0.3 is 6.18 Å². The van der Waals surface area contributed by atoms with Crippen molar-refractivity contribution >= 4 is 38.7 Å². The molecule has 1 aromatic heterocycles. The Morgan fingerprint density at radius 1 is 1.03 bits per heavy atom. The molecular weight excluding hydrogens is 473 g/mol. The number of rotatable bonds is 4. The molecule has 1 aliphatic heterocycles. The van der Waals surface area contributed by atoms with E-state index in [9.17, 15) is 18.0 Å². The number of halogens is 4. The number of para-hydroxylation sites is 2. The lowest BCUT2D eigenvalue weighted by atomic mass is 9.95. The monoisotopic (exact) mass is 492 g/mol. The van der Waals surface area contributed by atoms with E-state index in [0.717, 1.165) is 10.0 Å². The van der Waals surface area contributed by atoms with E-state index in [0.29, 0.717) is 38.0 Å². The smallest absolute Gasteiger partial charge is 0.355 e. The van der Waals surface area contributed by atoms with Crippen LogP contribution in [0.3, 0.4) is 0 Å². The van der Waals surface area contributed by atoms with Gasteiger partial charge in [0.2, 0.25) is 5.91 Å². The van der Waals surface area contributed by atoms with E-state index in [1.165, 1.54) is 6.07 Å². The van der Waals surface area contributed by atoms with Crippen molar-refractivity contribution in [2.75, 3.05) is 18.0 Å². The predicted octanol–water partition coefficient (Wildman–Crippen LogP) is 4.94. The van der Waals surface area contributed by atoms with Crippen molar-refractivity contribution in [3.63, 3.8) is 0 Å². The van der Waals surface area contributed by atoms with E-state index in [4.69, 9.17) is 0 Å². The molecule has 0 radical (unpaired) electrons. The van der Waals surface area contributed by atoms with E-state index in [-0.39, 0.29) is 23.2 Å². The molecule has 0 unspecified atom stereocenters. The Balaban J connectivity index is 1.45. The fourth-order valence-corrected chi connectivity index (χ4v) is 4.15. The fourth-order valence-electron chi connectivity index (χ4n) is 3.72. The zero-order chi connectivity index (χ0) is 22.0. The maximum absolute atomic E-state index is 13.6. The molecule has 1 aliphatic rings. The van der Waals surface area contributed by atoms with Gasteiger partial charge in [0.15, 0.2) is 11.5 Å². The number of anilines is 1. The maximum Gasteiger partial charge on any atom is 0.437 e. The molecule has 4 rings (SSSR count). The van der Waals surface area contributed by atoms with Crippen molar-refractivity contribution in [1.29, 1.82) is 0 Å². The van der Waals surface area contributed by atoms with Gasteiger partial charge in [-0.2, -0.15) is 13.2 Å². The molecule has 1 saturated heterocycles. The molecule has 1 fully saturated rings. The van der Waals surface area contributed by atoms with Gasteiger partial charge in [0, 0.05) is 30.0 Å². The molecular formula is C22H20BrF3N4O. The summed E-state index contributed by atoms with van der Waals surface area (Å²) in [6, 6.07) is 14.1. The van der Waals surface area contributed by atoms with Crippen LogP contribution in [0.25, 0.3) is 11.0 Å². The van der Waals surface area contributed by atoms with E-state index >= 15 is 0 Å². The molecule has 0 aliphatic carbocycles. The second-order valence-electron chi connectivity index (χ2n) is 7.45. The summed E-state index contributed by atoms with van der Waals surface area (Å²) in [5, 5.41) is 2.93. The Hall–Kier alpha value is -2.68. The standard InChI is InChI=1S/C22H20BrF3N4O/c23-16-6-2-1-5-15(16)13-27-21(31)14-9-11-30(12-10-14)20-19(22(24,25)26)28-17-7-3-4-8-18(17)29-20/h1-8,14H,9-13H2,(H,27,31). The number of carbonyl (C=O) groups excluding carboxylic acids is 1. The third-order valence-electron chi connectivity index (χ3n) is 5.40. The highest BCUT2D eigenvalue weighted by Crippen LogP contribution is 2.36. The van der Waals surface area contributed by atoms with Gasteiger partial charge in [0.25, 0.3) is 0 Å². The molecule has 0 spiro atoms. The number of carbonyl (C=O) groups is 1. The largest absolute Gasteiger partial charge is 0.437 e. The minimum absolute atomic E-state index is 0.0870. The molecule has 2 aromatic carbocycles. The molecule has 0 bridgehead atoms. The first-order valence-electron chi connectivity index (χ1n) is 9.93. The number of amides is 1. The molecule has 9 heteroatoms. The van der Waals surface area contributed by atoms with Crippen molar-refractivity contribution in [3.8, 4) is 0 Å². The van der Waals surface area contributed by atoms with E-state index in [1.807, 2.05) is 24.3 Å². The first-order chi connectivity index (χ1) is 14.8. The summed E-state index contributed by atoms with van der Waals surface area (Å²) < 4.78 is 41.8. The summed E-state index contributed by atoms with van der Waals surface area (Å²) in [5.41, 5.74) is 0.608. The summed E-state index contributed by atoms with van der Waals surface area (Å²) in [7, 11) is 0. The average Bonchev–Trinajstić information content (AvgIpc) is 2.77. The van der Waals surface area contributed by atoms with Crippen LogP contribution in [0, 0.1) is 5.92 Å². The lowest BCUT2D eigenvalue weighted by Gasteiger charge is -2.33. The second-order valence-corrected chi connectivity index (χ2v) is 8.31. The number of hydrogen-bond donors (Lipinski definition) is 1. The SMILES string of the molecule is O=C(NCc1ccccc1Br)C1CCN(c2nc3ccccc3nc2C(F)(F)F)CC1. The molecule has 1 N–H and O–H groups in total. The van der Waals surface area contributed by atoms with Crippen molar-refractivity contribution in [1.82, 2.24) is 15.3 Å². The van der Waals surface area contributed by atoms with Crippen LogP contribution in [0.4, 0.5) is 19.0 Å². The predicted molar refractivity (Wildman–Crippen MR) is 115 cm³/mol. The van der Waals surface area contributed by atoms with Crippen LogP contribution in [0.15, 0.2) is 53.0 Å². The lowest BCUT2D eigenvalue weighted by molar-refractivity contribution is -0.140. The Labute approximate surface area is 185 Å². The van der Waals surface area contributed by atoms with Crippen molar-refractivity contribution in [3.05, 3.63) is 64.3 Å². The minimum atomic E-state index is -4.61. The zero-order valence-electron chi connectivity index (χ0n) is 16.5. The van der Waals surface area contributed by atoms with Gasteiger partial charge in [-0.05, 0) is 36.6 Å². The van der Waals surface area contributed by atoms with Crippen molar-refractivity contribution in [2.24, 2.45) is 5.92 Å². The highest BCUT2D eigenvalue weighted by atomic mass is 79.9. The van der Waals surface area contributed by atoms with Crippen LogP contribution >= 0.6 is 15.9 Å². The van der Waals surface area contributed by atoms with Crippen LogP contribution in [0.1, 0.15) is 24.1 Å². The minimum Gasteiger partial charge on any atom is -0.355 e. The number of alkyl halides is 3. The van der Waals surface area contributed by atoms with Crippen molar-refractivity contribution < 1.29 is 18.0 Å². The summed E-state index contributed by atoms with van der Waals surface area (Å²) in [6.07, 6.45) is -3.70. The molecule has 5 nitrogen and oxygen atoms in total. The van der Waals surface area contributed by atoms with Gasteiger partial charge in [-0.3, -0.25) is 4.79 Å². The Morgan fingerprint density at radius 2 is 1.65 bits per heavy atom. The van der Waals surface area contributed by atoms with Crippen LogP contribution < -0.4 is 10.2 Å². The number of aromatic nitrogens is 2. The third kappa shape index (κ3) is 4.81. The second kappa shape index (κ2) is 8.82. The highest BCUT2D eigenvalue weighted by Gasteiger charge is 2.39. The van der Waals surface area contributed by atoms with Crippen LogP contribution in [0.5, 0.6) is 0 Å². The van der Waals surface area contributed by atoms with Gasteiger partial charge < -0.3 is 10.2 Å². The van der Waals surface area contributed by atoms with Gasteiger partial charge in [0.05, 0.1) is 11.0 Å². The lowest BCUT2D eigenvalue weighted by Crippen LogP contribution is -2.41. The van der Waals surface area contributed by atoms with Crippen LogP contribution in [0.2, 0.25) is 0 Å². The number of nitrogens with zero attached hydrogens (tertiary/aromatic N) is 3. The summed E-state index contributed by atoms with van der Waals surface area (Å²) >= 11 is 3.45. The van der Waals surface area contributed by atoms with Crippen LogP contribution in [-0.2, 0) is 17.5 Å². The third-order valence-corrected chi connectivity index (χ3v) is 6.17. The Kier molecular flexibility index (Phi) is 6.13. The summed E-state index contributed by atoms with van der Waals surface area (Å²) in [5.74, 6) is -0.504. The molecule has 3 aromatic rings. The number of fused-ring (bicyclic) bond motifs is 1. The highest BCUT2D eigenvalue weighted by molar-refractivity contribution is 9.10. The first-order valence-corrected chi connectivity index (χ1v) is 10.7. The zero-order valence-corrected chi connectivity index (χ0v) is 18.1. The molecule has 162 valence electrons. The molecule has 0 saturated carbocycles. The first kappa shape index (κ1) is 21.5. The van der Waals surface area contributed by atoms with Gasteiger partial charge in [-0.15, -0.1) is 0 Å². The number of benzene rings is 2. The quantitative estimate of drug-likeness (QED) is 0.560. The topological polar surface area (TPSA) is 58.1 Å². The molecule has 0 atom stereocenters. The molecule has 2 heterocycles. The number of nitrogens with one attached hydrogen (secondary N) is 1. The average molecular weight is 493 g/mol. The summed E-state index contributed by atoms with van der Waals surface area (Å²) in [4.78, 5) is 22.2. The molecule has 1 amide bonds. The van der Waals surface area contributed by atoms with Gasteiger partial charge in [-0.25, -0.2) is 9.97 Å². The van der Waals surface area contributed by atoms with Gasteiger partial charge in [-0.1, -0.05) is 46.3 Å². The van der Waals surface area contributed by atoms with Crippen molar-refractivity contribution in [2.45, 2.75) is 25.6 Å².